The summed E-state index contributed by atoms with van der Waals surface area (Å²) >= 11 is 0. The molecule has 86 valence electrons. The van der Waals surface area contributed by atoms with Crippen LogP contribution < -0.4 is 10.6 Å². The average Bonchev–Trinajstić information content (AvgIpc) is 2.28. The number of benzene rings is 1. The van der Waals surface area contributed by atoms with Gasteiger partial charge < -0.3 is 10.6 Å². The van der Waals surface area contributed by atoms with Gasteiger partial charge in [-0.25, -0.2) is 4.79 Å². The van der Waals surface area contributed by atoms with Gasteiger partial charge in [0.2, 0.25) is 0 Å². The first-order valence-corrected chi connectivity index (χ1v) is 5.80. The van der Waals surface area contributed by atoms with Crippen molar-refractivity contribution in [2.45, 2.75) is 18.8 Å². The largest absolute Gasteiger partial charge is 0.341 e. The van der Waals surface area contributed by atoms with Crippen LogP contribution in [0.4, 0.5) is 4.79 Å². The highest BCUT2D eigenvalue weighted by Crippen LogP contribution is 2.40. The first kappa shape index (κ1) is 11.0. The molecule has 0 atom stereocenters. The standard InChI is InChI=1S/C13H18N2O/c1-14-13(16)15-9-10-7-12(8-10)11-5-3-2-4-6-11/h2-6,10,12H,7-9H2,1H3,(H2,14,15,16). The van der Waals surface area contributed by atoms with E-state index in [0.717, 1.165) is 6.54 Å². The summed E-state index contributed by atoms with van der Waals surface area (Å²) in [5.41, 5.74) is 1.43. The molecule has 3 nitrogen and oxygen atoms in total. The molecule has 1 aromatic rings. The second-order valence-corrected chi connectivity index (χ2v) is 4.41. The lowest BCUT2D eigenvalue weighted by atomic mass is 9.71. The summed E-state index contributed by atoms with van der Waals surface area (Å²) < 4.78 is 0. The van der Waals surface area contributed by atoms with Gasteiger partial charge in [-0.15, -0.1) is 0 Å². The van der Waals surface area contributed by atoms with Crippen LogP contribution in [0.5, 0.6) is 0 Å². The van der Waals surface area contributed by atoms with Gasteiger partial charge in [0, 0.05) is 13.6 Å². The Bertz CT molecular complexity index is 344. The number of nitrogens with one attached hydrogen (secondary N) is 2. The molecule has 2 rings (SSSR count). The van der Waals surface area contributed by atoms with Gasteiger partial charge in [-0.1, -0.05) is 30.3 Å². The molecular weight excluding hydrogens is 200 g/mol. The van der Waals surface area contributed by atoms with Crippen molar-refractivity contribution in [2.24, 2.45) is 5.92 Å². The fourth-order valence-electron chi connectivity index (χ4n) is 2.23. The Balaban J connectivity index is 1.72. The third-order valence-electron chi connectivity index (χ3n) is 3.29. The molecule has 1 fully saturated rings. The SMILES string of the molecule is CNC(=O)NCC1CC(c2ccccc2)C1. The van der Waals surface area contributed by atoms with Crippen LogP contribution >= 0.6 is 0 Å². The Morgan fingerprint density at radius 3 is 2.62 bits per heavy atom. The molecule has 0 bridgehead atoms. The van der Waals surface area contributed by atoms with Gasteiger partial charge in [-0.3, -0.25) is 0 Å². The molecule has 3 heteroatoms. The minimum Gasteiger partial charge on any atom is -0.341 e. The predicted molar refractivity (Wildman–Crippen MR) is 64.4 cm³/mol. The Morgan fingerprint density at radius 2 is 2.00 bits per heavy atom. The van der Waals surface area contributed by atoms with E-state index >= 15 is 0 Å². The molecule has 0 saturated heterocycles. The minimum atomic E-state index is -0.0804. The summed E-state index contributed by atoms with van der Waals surface area (Å²) in [4.78, 5) is 11.0. The van der Waals surface area contributed by atoms with E-state index in [1.807, 2.05) is 6.07 Å². The smallest absolute Gasteiger partial charge is 0.314 e. The van der Waals surface area contributed by atoms with E-state index in [4.69, 9.17) is 0 Å². The number of urea groups is 1. The van der Waals surface area contributed by atoms with E-state index in [9.17, 15) is 4.79 Å². The van der Waals surface area contributed by atoms with Crippen molar-refractivity contribution in [3.05, 3.63) is 35.9 Å². The summed E-state index contributed by atoms with van der Waals surface area (Å²) in [5.74, 6) is 1.33. The van der Waals surface area contributed by atoms with Crippen molar-refractivity contribution in [2.75, 3.05) is 13.6 Å². The normalized spacial score (nSPS) is 23.3. The summed E-state index contributed by atoms with van der Waals surface area (Å²) in [6.07, 6.45) is 2.38. The van der Waals surface area contributed by atoms with Crippen LogP contribution in [-0.2, 0) is 0 Å². The van der Waals surface area contributed by atoms with E-state index in [0.29, 0.717) is 11.8 Å². The molecule has 1 aromatic carbocycles. The summed E-state index contributed by atoms with van der Waals surface area (Å²) in [6, 6.07) is 10.5. The van der Waals surface area contributed by atoms with Crippen LogP contribution in [0.15, 0.2) is 30.3 Å². The fourth-order valence-corrected chi connectivity index (χ4v) is 2.23. The predicted octanol–water partition coefficient (Wildman–Crippen LogP) is 2.11. The third-order valence-corrected chi connectivity index (χ3v) is 3.29. The van der Waals surface area contributed by atoms with Crippen molar-refractivity contribution >= 4 is 6.03 Å². The molecular formula is C13H18N2O. The lowest BCUT2D eigenvalue weighted by molar-refractivity contribution is 0.226. The van der Waals surface area contributed by atoms with Crippen LogP contribution in [0.3, 0.4) is 0 Å². The molecule has 2 N–H and O–H groups in total. The van der Waals surface area contributed by atoms with E-state index in [-0.39, 0.29) is 6.03 Å². The molecule has 0 aromatic heterocycles. The molecule has 1 aliphatic rings. The van der Waals surface area contributed by atoms with Gasteiger partial charge in [0.25, 0.3) is 0 Å². The maximum atomic E-state index is 11.0. The second-order valence-electron chi connectivity index (χ2n) is 4.41. The van der Waals surface area contributed by atoms with Crippen LogP contribution in [0.25, 0.3) is 0 Å². The maximum Gasteiger partial charge on any atom is 0.314 e. The highest BCUT2D eigenvalue weighted by Gasteiger charge is 2.29. The van der Waals surface area contributed by atoms with Crippen LogP contribution in [0, 0.1) is 5.92 Å². The van der Waals surface area contributed by atoms with Crippen molar-refractivity contribution in [1.29, 1.82) is 0 Å². The number of rotatable bonds is 3. The van der Waals surface area contributed by atoms with E-state index in [1.54, 1.807) is 7.05 Å². The molecule has 2 amide bonds. The van der Waals surface area contributed by atoms with Gasteiger partial charge in [0.15, 0.2) is 0 Å². The first-order chi connectivity index (χ1) is 7.79. The molecule has 1 aliphatic carbocycles. The maximum absolute atomic E-state index is 11.0. The second kappa shape index (κ2) is 5.01. The number of hydrogen-bond acceptors (Lipinski definition) is 1. The van der Waals surface area contributed by atoms with E-state index < -0.39 is 0 Å². The average molecular weight is 218 g/mol. The topological polar surface area (TPSA) is 41.1 Å². The number of hydrogen-bond donors (Lipinski definition) is 2. The zero-order valence-electron chi connectivity index (χ0n) is 9.57. The highest BCUT2D eigenvalue weighted by atomic mass is 16.2. The van der Waals surface area contributed by atoms with Gasteiger partial charge in [-0.05, 0) is 30.2 Å². The van der Waals surface area contributed by atoms with E-state index in [2.05, 4.69) is 34.9 Å². The van der Waals surface area contributed by atoms with Gasteiger partial charge >= 0.3 is 6.03 Å². The fraction of sp³-hybridized carbons (Fsp3) is 0.462. The number of amides is 2. The Hall–Kier alpha value is -1.51. The quantitative estimate of drug-likeness (QED) is 0.801. The number of carbonyl (C=O) groups is 1. The molecule has 0 heterocycles. The first-order valence-electron chi connectivity index (χ1n) is 5.80. The molecule has 0 spiro atoms. The van der Waals surface area contributed by atoms with Gasteiger partial charge in [0.05, 0.1) is 0 Å². The zero-order valence-corrected chi connectivity index (χ0v) is 9.57. The lowest BCUT2D eigenvalue weighted by Crippen LogP contribution is -2.39. The molecule has 0 aliphatic heterocycles. The Morgan fingerprint density at radius 1 is 1.31 bits per heavy atom. The lowest BCUT2D eigenvalue weighted by Gasteiger charge is -2.35. The van der Waals surface area contributed by atoms with Crippen LogP contribution in [-0.4, -0.2) is 19.6 Å². The molecule has 0 radical (unpaired) electrons. The molecule has 1 saturated carbocycles. The van der Waals surface area contributed by atoms with Crippen molar-refractivity contribution in [3.63, 3.8) is 0 Å². The van der Waals surface area contributed by atoms with E-state index in [1.165, 1.54) is 18.4 Å². The number of carbonyl (C=O) groups excluding carboxylic acids is 1. The summed E-state index contributed by atoms with van der Waals surface area (Å²) in [7, 11) is 1.64. The summed E-state index contributed by atoms with van der Waals surface area (Å²) in [6.45, 7) is 0.795. The molecule has 16 heavy (non-hydrogen) atoms. The zero-order chi connectivity index (χ0) is 11.4. The Labute approximate surface area is 96.2 Å². The van der Waals surface area contributed by atoms with Gasteiger partial charge in [-0.2, -0.15) is 0 Å². The van der Waals surface area contributed by atoms with Crippen molar-refractivity contribution in [3.8, 4) is 0 Å². The molecule has 0 unspecified atom stereocenters. The summed E-state index contributed by atoms with van der Waals surface area (Å²) in [5, 5.41) is 5.42. The monoisotopic (exact) mass is 218 g/mol. The van der Waals surface area contributed by atoms with Crippen LogP contribution in [0.2, 0.25) is 0 Å². The third kappa shape index (κ3) is 2.54. The van der Waals surface area contributed by atoms with Crippen LogP contribution in [0.1, 0.15) is 24.3 Å². The van der Waals surface area contributed by atoms with Crippen molar-refractivity contribution in [1.82, 2.24) is 10.6 Å². The van der Waals surface area contributed by atoms with Crippen molar-refractivity contribution < 1.29 is 4.79 Å². The van der Waals surface area contributed by atoms with Gasteiger partial charge in [0.1, 0.15) is 0 Å². The Kier molecular flexibility index (Phi) is 3.44. The minimum absolute atomic E-state index is 0.0804. The highest BCUT2D eigenvalue weighted by molar-refractivity contribution is 5.73.